The zero-order valence-electron chi connectivity index (χ0n) is 24.2. The average Bonchev–Trinajstić information content (AvgIpc) is 3.66. The molecular formula is C31H43N3O5. The quantitative estimate of drug-likeness (QED) is 0.416. The second kappa shape index (κ2) is 12.1. The van der Waals surface area contributed by atoms with Crippen LogP contribution in [0.4, 0.5) is 4.79 Å². The third kappa shape index (κ3) is 9.01. The number of hydrogen-bond acceptors (Lipinski definition) is 5. The van der Waals surface area contributed by atoms with E-state index in [2.05, 4.69) is 17.6 Å². The zero-order valence-corrected chi connectivity index (χ0v) is 24.2. The van der Waals surface area contributed by atoms with Gasteiger partial charge in [0.05, 0.1) is 0 Å². The SMILES string of the molecule is CCc1ccc(C(C(=O)NC(C)(C)C)N(C(=O)C(Cc2ccc(O)cc2)NC(=O)OC(C)(C)C)C2CC2)cc1. The van der Waals surface area contributed by atoms with Crippen LogP contribution in [0, 0.1) is 0 Å². The molecule has 0 bridgehead atoms. The Kier molecular flexibility index (Phi) is 9.30. The first kappa shape index (κ1) is 30.0. The summed E-state index contributed by atoms with van der Waals surface area (Å²) < 4.78 is 5.47. The van der Waals surface area contributed by atoms with E-state index in [1.165, 1.54) is 12.1 Å². The van der Waals surface area contributed by atoms with Gasteiger partial charge in [-0.25, -0.2) is 4.79 Å². The van der Waals surface area contributed by atoms with Crippen molar-refractivity contribution in [3.8, 4) is 5.75 Å². The van der Waals surface area contributed by atoms with E-state index in [1.54, 1.807) is 37.8 Å². The van der Waals surface area contributed by atoms with Crippen LogP contribution in [-0.2, 0) is 27.2 Å². The summed E-state index contributed by atoms with van der Waals surface area (Å²) in [6, 6.07) is 12.3. The molecule has 39 heavy (non-hydrogen) atoms. The minimum Gasteiger partial charge on any atom is -0.508 e. The molecule has 212 valence electrons. The Bertz CT molecular complexity index is 1140. The maximum Gasteiger partial charge on any atom is 0.408 e. The minimum absolute atomic E-state index is 0.107. The molecule has 1 aliphatic rings. The Balaban J connectivity index is 2.02. The van der Waals surface area contributed by atoms with Crippen LogP contribution in [0.5, 0.6) is 5.75 Å². The Labute approximate surface area is 232 Å². The van der Waals surface area contributed by atoms with Crippen LogP contribution in [0.2, 0.25) is 0 Å². The van der Waals surface area contributed by atoms with E-state index in [9.17, 15) is 19.5 Å². The van der Waals surface area contributed by atoms with Gasteiger partial charge in [-0.1, -0.05) is 43.3 Å². The van der Waals surface area contributed by atoms with Crippen LogP contribution in [-0.4, -0.2) is 51.1 Å². The second-order valence-corrected chi connectivity index (χ2v) is 12.3. The van der Waals surface area contributed by atoms with Gasteiger partial charge in [-0.15, -0.1) is 0 Å². The maximum absolute atomic E-state index is 14.3. The average molecular weight is 538 g/mol. The van der Waals surface area contributed by atoms with Crippen molar-refractivity contribution in [3.05, 3.63) is 65.2 Å². The van der Waals surface area contributed by atoms with Crippen molar-refractivity contribution in [2.24, 2.45) is 0 Å². The third-order valence-corrected chi connectivity index (χ3v) is 6.29. The summed E-state index contributed by atoms with van der Waals surface area (Å²) in [4.78, 5) is 42.6. The topological polar surface area (TPSA) is 108 Å². The summed E-state index contributed by atoms with van der Waals surface area (Å²) in [6.07, 6.45) is 1.87. The molecule has 3 N–H and O–H groups in total. The molecule has 0 saturated heterocycles. The fraction of sp³-hybridized carbons (Fsp3) is 0.516. The largest absolute Gasteiger partial charge is 0.508 e. The van der Waals surface area contributed by atoms with Gasteiger partial charge in [0, 0.05) is 18.0 Å². The van der Waals surface area contributed by atoms with Crippen LogP contribution >= 0.6 is 0 Å². The van der Waals surface area contributed by atoms with E-state index >= 15 is 0 Å². The molecule has 0 radical (unpaired) electrons. The van der Waals surface area contributed by atoms with Crippen molar-refractivity contribution in [3.63, 3.8) is 0 Å². The maximum atomic E-state index is 14.3. The molecule has 3 rings (SSSR count). The summed E-state index contributed by atoms with van der Waals surface area (Å²) in [6.45, 7) is 13.1. The van der Waals surface area contributed by atoms with Crippen molar-refractivity contribution in [1.29, 1.82) is 0 Å². The molecule has 0 aromatic heterocycles. The number of nitrogens with zero attached hydrogens (tertiary/aromatic N) is 1. The summed E-state index contributed by atoms with van der Waals surface area (Å²) in [5.74, 6) is -0.520. The normalized spacial score (nSPS) is 15.2. The van der Waals surface area contributed by atoms with Crippen molar-refractivity contribution < 1.29 is 24.2 Å². The van der Waals surface area contributed by atoms with Crippen molar-refractivity contribution in [2.45, 2.75) is 103 Å². The smallest absolute Gasteiger partial charge is 0.408 e. The highest BCUT2D eigenvalue weighted by molar-refractivity contribution is 5.93. The molecule has 1 fully saturated rings. The predicted molar refractivity (Wildman–Crippen MR) is 151 cm³/mol. The van der Waals surface area contributed by atoms with Crippen LogP contribution in [0.1, 0.15) is 84.0 Å². The first-order chi connectivity index (χ1) is 18.2. The number of carbonyl (C=O) groups is 3. The van der Waals surface area contributed by atoms with Gasteiger partial charge in [0.25, 0.3) is 0 Å². The highest BCUT2D eigenvalue weighted by Crippen LogP contribution is 2.36. The summed E-state index contributed by atoms with van der Waals surface area (Å²) in [5.41, 5.74) is 1.35. The molecule has 1 saturated carbocycles. The summed E-state index contributed by atoms with van der Waals surface area (Å²) in [7, 11) is 0. The molecule has 8 heteroatoms. The first-order valence-corrected chi connectivity index (χ1v) is 13.7. The number of aryl methyl sites for hydroxylation is 1. The number of nitrogens with one attached hydrogen (secondary N) is 2. The van der Waals surface area contributed by atoms with Gasteiger partial charge >= 0.3 is 6.09 Å². The molecule has 2 aromatic carbocycles. The number of rotatable bonds is 9. The summed E-state index contributed by atoms with van der Waals surface area (Å²) in [5, 5.41) is 15.5. The van der Waals surface area contributed by atoms with E-state index in [1.807, 2.05) is 45.0 Å². The number of benzene rings is 2. The van der Waals surface area contributed by atoms with Gasteiger partial charge in [0.1, 0.15) is 23.4 Å². The molecule has 2 atom stereocenters. The Hall–Kier alpha value is -3.55. The fourth-order valence-corrected chi connectivity index (χ4v) is 4.38. The number of hydrogen-bond donors (Lipinski definition) is 3. The minimum atomic E-state index is -0.982. The van der Waals surface area contributed by atoms with Gasteiger partial charge < -0.3 is 25.4 Å². The number of ether oxygens (including phenoxy) is 1. The highest BCUT2D eigenvalue weighted by Gasteiger charge is 2.44. The molecule has 0 aliphatic heterocycles. The molecule has 0 spiro atoms. The fourth-order valence-electron chi connectivity index (χ4n) is 4.38. The predicted octanol–water partition coefficient (Wildman–Crippen LogP) is 5.04. The standard InChI is InChI=1S/C31H43N3O5/c1-8-20-9-13-22(14-10-20)26(27(36)33-30(2,3)4)34(23-15-16-23)28(37)25(32-29(38)39-31(5,6)7)19-21-11-17-24(35)18-12-21/h9-14,17-18,23,25-26,35H,8,15-16,19H2,1-7H3,(H,32,38)(H,33,36). The van der Waals surface area contributed by atoms with Crippen LogP contribution in [0.15, 0.2) is 48.5 Å². The lowest BCUT2D eigenvalue weighted by molar-refractivity contribution is -0.143. The lowest BCUT2D eigenvalue weighted by atomic mass is 9.97. The molecule has 3 amide bonds. The first-order valence-electron chi connectivity index (χ1n) is 13.7. The van der Waals surface area contributed by atoms with E-state index in [0.29, 0.717) is 0 Å². The van der Waals surface area contributed by atoms with Crippen molar-refractivity contribution in [2.75, 3.05) is 0 Å². The lowest BCUT2D eigenvalue weighted by Crippen LogP contribution is -2.55. The Morgan fingerprint density at radius 3 is 2.00 bits per heavy atom. The van der Waals surface area contributed by atoms with E-state index in [-0.39, 0.29) is 30.0 Å². The van der Waals surface area contributed by atoms with Crippen LogP contribution in [0.25, 0.3) is 0 Å². The monoisotopic (exact) mass is 537 g/mol. The van der Waals surface area contributed by atoms with Gasteiger partial charge in [0.15, 0.2) is 0 Å². The van der Waals surface area contributed by atoms with E-state index in [0.717, 1.165) is 36.0 Å². The van der Waals surface area contributed by atoms with E-state index in [4.69, 9.17) is 4.74 Å². The number of amides is 3. The van der Waals surface area contributed by atoms with Crippen molar-refractivity contribution in [1.82, 2.24) is 15.5 Å². The number of carbonyl (C=O) groups excluding carboxylic acids is 3. The highest BCUT2D eigenvalue weighted by atomic mass is 16.6. The molecule has 2 aromatic rings. The number of alkyl carbamates (subject to hydrolysis) is 1. The second-order valence-electron chi connectivity index (χ2n) is 12.3. The van der Waals surface area contributed by atoms with Gasteiger partial charge in [-0.2, -0.15) is 0 Å². The Morgan fingerprint density at radius 1 is 0.949 bits per heavy atom. The van der Waals surface area contributed by atoms with Gasteiger partial charge in [0.2, 0.25) is 11.8 Å². The van der Waals surface area contributed by atoms with Crippen molar-refractivity contribution >= 4 is 17.9 Å². The molecule has 8 nitrogen and oxygen atoms in total. The van der Waals surface area contributed by atoms with Crippen LogP contribution in [0.3, 0.4) is 0 Å². The Morgan fingerprint density at radius 2 is 1.51 bits per heavy atom. The van der Waals surface area contributed by atoms with E-state index < -0.39 is 29.3 Å². The lowest BCUT2D eigenvalue weighted by Gasteiger charge is -2.36. The van der Waals surface area contributed by atoms with Gasteiger partial charge in [-0.3, -0.25) is 9.59 Å². The number of aromatic hydroxyl groups is 1. The zero-order chi connectivity index (χ0) is 29.0. The third-order valence-electron chi connectivity index (χ3n) is 6.29. The summed E-state index contributed by atoms with van der Waals surface area (Å²) >= 11 is 0. The number of phenols is 1. The molecule has 1 aliphatic carbocycles. The number of phenolic OH excluding ortho intramolecular Hbond substituents is 1. The van der Waals surface area contributed by atoms with Crippen LogP contribution < -0.4 is 10.6 Å². The molecular weight excluding hydrogens is 494 g/mol. The molecule has 0 heterocycles. The molecule has 2 unspecified atom stereocenters. The van der Waals surface area contributed by atoms with Gasteiger partial charge in [-0.05, 0) is 89.6 Å².